The lowest BCUT2D eigenvalue weighted by atomic mass is 10.1. The number of carbonyl (C=O) groups excluding carboxylic acids is 1. The van der Waals surface area contributed by atoms with Crippen molar-refractivity contribution in [3.05, 3.63) is 57.8 Å². The molecule has 0 heterocycles. The van der Waals surface area contributed by atoms with Gasteiger partial charge in [-0.05, 0) is 58.7 Å². The Kier molecular flexibility index (Phi) is 3.85. The first-order chi connectivity index (χ1) is 8.97. The fraction of sp³-hybridized carbons (Fsp3) is 0.0714. The molecular formula is C14H11BrFNO2. The van der Waals surface area contributed by atoms with Crippen LogP contribution in [0.2, 0.25) is 0 Å². The van der Waals surface area contributed by atoms with E-state index in [1.165, 1.54) is 18.2 Å². The van der Waals surface area contributed by atoms with Crippen molar-refractivity contribution in [2.45, 2.75) is 6.92 Å². The molecule has 0 aliphatic carbocycles. The van der Waals surface area contributed by atoms with Gasteiger partial charge in [0.25, 0.3) is 5.91 Å². The number of anilines is 1. The number of aromatic hydroxyl groups is 1. The smallest absolute Gasteiger partial charge is 0.255 e. The highest BCUT2D eigenvalue weighted by Crippen LogP contribution is 2.25. The Bertz CT molecular complexity index is 643. The highest BCUT2D eigenvalue weighted by molar-refractivity contribution is 9.10. The molecule has 0 fully saturated rings. The van der Waals surface area contributed by atoms with Gasteiger partial charge in [-0.25, -0.2) is 4.39 Å². The molecule has 2 aromatic rings. The lowest BCUT2D eigenvalue weighted by Crippen LogP contribution is -2.12. The average molecular weight is 324 g/mol. The SMILES string of the molecule is Cc1ccc(NC(=O)c2ccc(Br)c(F)c2)c(O)c1. The third-order valence-electron chi connectivity index (χ3n) is 2.58. The number of amides is 1. The monoisotopic (exact) mass is 323 g/mol. The first-order valence-corrected chi connectivity index (χ1v) is 6.32. The second-order valence-corrected chi connectivity index (χ2v) is 4.96. The quantitative estimate of drug-likeness (QED) is 0.824. The van der Waals surface area contributed by atoms with Gasteiger partial charge in [-0.1, -0.05) is 6.07 Å². The Balaban J connectivity index is 2.23. The van der Waals surface area contributed by atoms with Gasteiger partial charge in [-0.2, -0.15) is 0 Å². The minimum atomic E-state index is -0.513. The van der Waals surface area contributed by atoms with Crippen LogP contribution in [0.15, 0.2) is 40.9 Å². The lowest BCUT2D eigenvalue weighted by molar-refractivity contribution is 0.102. The summed E-state index contributed by atoms with van der Waals surface area (Å²) >= 11 is 3.02. The lowest BCUT2D eigenvalue weighted by Gasteiger charge is -2.08. The molecule has 2 N–H and O–H groups in total. The summed E-state index contributed by atoms with van der Waals surface area (Å²) in [6.07, 6.45) is 0. The molecule has 0 aliphatic rings. The van der Waals surface area contributed by atoms with Crippen LogP contribution < -0.4 is 5.32 Å². The first kappa shape index (κ1) is 13.5. The summed E-state index contributed by atoms with van der Waals surface area (Å²) in [5.41, 5.74) is 1.35. The zero-order valence-electron chi connectivity index (χ0n) is 10.1. The molecule has 19 heavy (non-hydrogen) atoms. The van der Waals surface area contributed by atoms with E-state index < -0.39 is 11.7 Å². The molecule has 98 valence electrons. The van der Waals surface area contributed by atoms with Gasteiger partial charge in [0.15, 0.2) is 0 Å². The van der Waals surface area contributed by atoms with E-state index in [0.29, 0.717) is 10.2 Å². The molecule has 2 rings (SSSR count). The molecule has 0 spiro atoms. The molecule has 0 aliphatic heterocycles. The Morgan fingerprint density at radius 1 is 1.26 bits per heavy atom. The van der Waals surface area contributed by atoms with Crippen LogP contribution in [0.1, 0.15) is 15.9 Å². The number of hydrogen-bond donors (Lipinski definition) is 2. The van der Waals surface area contributed by atoms with E-state index in [0.717, 1.165) is 11.6 Å². The van der Waals surface area contributed by atoms with Crippen molar-refractivity contribution in [2.24, 2.45) is 0 Å². The predicted molar refractivity (Wildman–Crippen MR) is 74.9 cm³/mol. The molecule has 0 saturated carbocycles. The maximum atomic E-state index is 13.3. The maximum Gasteiger partial charge on any atom is 0.255 e. The minimum absolute atomic E-state index is 0.0223. The molecule has 0 saturated heterocycles. The first-order valence-electron chi connectivity index (χ1n) is 5.53. The number of phenolic OH excluding ortho intramolecular Hbond substituents is 1. The summed E-state index contributed by atoms with van der Waals surface area (Å²) in [5.74, 6) is -1.02. The van der Waals surface area contributed by atoms with E-state index in [9.17, 15) is 14.3 Å². The van der Waals surface area contributed by atoms with Crippen molar-refractivity contribution >= 4 is 27.5 Å². The van der Waals surface area contributed by atoms with Crippen molar-refractivity contribution in [1.82, 2.24) is 0 Å². The zero-order valence-corrected chi connectivity index (χ0v) is 11.7. The topological polar surface area (TPSA) is 49.3 Å². The van der Waals surface area contributed by atoms with Gasteiger partial charge in [0, 0.05) is 5.56 Å². The van der Waals surface area contributed by atoms with Gasteiger partial charge in [0.1, 0.15) is 11.6 Å². The van der Waals surface area contributed by atoms with E-state index >= 15 is 0 Å². The van der Waals surface area contributed by atoms with Crippen molar-refractivity contribution in [2.75, 3.05) is 5.32 Å². The van der Waals surface area contributed by atoms with Crippen LogP contribution in [0.4, 0.5) is 10.1 Å². The van der Waals surface area contributed by atoms with E-state index in [2.05, 4.69) is 21.2 Å². The number of rotatable bonds is 2. The van der Waals surface area contributed by atoms with Crippen LogP contribution in [-0.4, -0.2) is 11.0 Å². The summed E-state index contributed by atoms with van der Waals surface area (Å²) in [5, 5.41) is 12.2. The predicted octanol–water partition coefficient (Wildman–Crippen LogP) is 3.85. The average Bonchev–Trinajstić information content (AvgIpc) is 2.36. The Labute approximate surface area is 118 Å². The van der Waals surface area contributed by atoms with E-state index in [4.69, 9.17) is 0 Å². The Morgan fingerprint density at radius 2 is 2.00 bits per heavy atom. The Hall–Kier alpha value is -1.88. The van der Waals surface area contributed by atoms with Crippen LogP contribution in [0.3, 0.4) is 0 Å². The number of carbonyl (C=O) groups is 1. The Morgan fingerprint density at radius 3 is 2.63 bits per heavy atom. The number of aryl methyl sites for hydroxylation is 1. The summed E-state index contributed by atoms with van der Waals surface area (Å²) in [7, 11) is 0. The molecular weight excluding hydrogens is 313 g/mol. The van der Waals surface area contributed by atoms with Gasteiger partial charge in [0.2, 0.25) is 0 Å². The number of hydrogen-bond acceptors (Lipinski definition) is 2. The highest BCUT2D eigenvalue weighted by atomic mass is 79.9. The van der Waals surface area contributed by atoms with Gasteiger partial charge < -0.3 is 10.4 Å². The molecule has 1 amide bonds. The summed E-state index contributed by atoms with van der Waals surface area (Å²) in [6.45, 7) is 1.83. The normalized spacial score (nSPS) is 10.3. The molecule has 3 nitrogen and oxygen atoms in total. The second-order valence-electron chi connectivity index (χ2n) is 4.10. The number of halogens is 2. The zero-order chi connectivity index (χ0) is 14.0. The molecule has 0 bridgehead atoms. The summed E-state index contributed by atoms with van der Waals surface area (Å²) in [4.78, 5) is 11.9. The molecule has 5 heteroatoms. The second kappa shape index (κ2) is 5.40. The van der Waals surface area contributed by atoms with Crippen LogP contribution in [-0.2, 0) is 0 Å². The van der Waals surface area contributed by atoms with Crippen molar-refractivity contribution in [1.29, 1.82) is 0 Å². The third-order valence-corrected chi connectivity index (χ3v) is 3.23. The van der Waals surface area contributed by atoms with E-state index in [1.807, 2.05) is 6.92 Å². The van der Waals surface area contributed by atoms with Gasteiger partial charge in [-0.15, -0.1) is 0 Å². The van der Waals surface area contributed by atoms with Gasteiger partial charge >= 0.3 is 0 Å². The minimum Gasteiger partial charge on any atom is -0.506 e. The van der Waals surface area contributed by atoms with Gasteiger partial charge in [-0.3, -0.25) is 4.79 Å². The fourth-order valence-electron chi connectivity index (χ4n) is 1.58. The summed E-state index contributed by atoms with van der Waals surface area (Å²) < 4.78 is 13.6. The summed E-state index contributed by atoms with van der Waals surface area (Å²) in [6, 6.07) is 8.98. The molecule has 0 radical (unpaired) electrons. The van der Waals surface area contributed by atoms with Crippen LogP contribution >= 0.6 is 15.9 Å². The molecule has 0 atom stereocenters. The van der Waals surface area contributed by atoms with Gasteiger partial charge in [0.05, 0.1) is 10.2 Å². The fourth-order valence-corrected chi connectivity index (χ4v) is 1.83. The van der Waals surface area contributed by atoms with Crippen molar-refractivity contribution in [3.8, 4) is 5.75 Å². The number of nitrogens with one attached hydrogen (secondary N) is 1. The molecule has 2 aromatic carbocycles. The van der Waals surface area contributed by atoms with Crippen LogP contribution in [0.5, 0.6) is 5.75 Å². The van der Waals surface area contributed by atoms with E-state index in [1.54, 1.807) is 12.1 Å². The highest BCUT2D eigenvalue weighted by Gasteiger charge is 2.11. The number of phenols is 1. The standard InChI is InChI=1S/C14H11BrFNO2/c1-8-2-5-12(13(18)6-8)17-14(19)9-3-4-10(15)11(16)7-9/h2-7,18H,1H3,(H,17,19). The van der Waals surface area contributed by atoms with E-state index in [-0.39, 0.29) is 11.3 Å². The molecule has 0 unspecified atom stereocenters. The largest absolute Gasteiger partial charge is 0.506 e. The van der Waals surface area contributed by atoms with Crippen molar-refractivity contribution in [3.63, 3.8) is 0 Å². The third kappa shape index (κ3) is 3.12. The van der Waals surface area contributed by atoms with Crippen molar-refractivity contribution < 1.29 is 14.3 Å². The number of benzene rings is 2. The van der Waals surface area contributed by atoms with Crippen LogP contribution in [0, 0.1) is 12.7 Å². The van der Waals surface area contributed by atoms with Crippen LogP contribution in [0.25, 0.3) is 0 Å². The maximum absolute atomic E-state index is 13.3. The molecule has 0 aromatic heterocycles.